The lowest BCUT2D eigenvalue weighted by molar-refractivity contribution is 0.0972. The highest BCUT2D eigenvalue weighted by Gasteiger charge is 2.11. The zero-order chi connectivity index (χ0) is 12.8. The third-order valence-corrected chi connectivity index (χ3v) is 2.15. The summed E-state index contributed by atoms with van der Waals surface area (Å²) in [5, 5.41) is 14.0. The Bertz CT molecular complexity index is 424. The van der Waals surface area contributed by atoms with Gasteiger partial charge in [0.25, 0.3) is 5.91 Å². The van der Waals surface area contributed by atoms with E-state index in [0.717, 1.165) is 0 Å². The van der Waals surface area contributed by atoms with Gasteiger partial charge in [0, 0.05) is 6.54 Å². The molecule has 6 heteroatoms. The maximum absolute atomic E-state index is 13.2. The molecule has 0 aliphatic carbocycles. The minimum Gasteiger partial charge on any atom is -0.392 e. The van der Waals surface area contributed by atoms with Gasteiger partial charge in [0.2, 0.25) is 0 Å². The lowest BCUT2D eigenvalue weighted by atomic mass is 10.2. The van der Waals surface area contributed by atoms with Crippen molar-refractivity contribution in [3.05, 3.63) is 35.6 Å². The number of aliphatic hydroxyl groups is 1. The lowest BCUT2D eigenvalue weighted by Gasteiger charge is -2.10. The van der Waals surface area contributed by atoms with Crippen molar-refractivity contribution in [2.24, 2.45) is 0 Å². The van der Waals surface area contributed by atoms with Crippen LogP contribution in [0.3, 0.4) is 0 Å². The van der Waals surface area contributed by atoms with Gasteiger partial charge in [-0.1, -0.05) is 12.1 Å². The fourth-order valence-corrected chi connectivity index (χ4v) is 1.28. The van der Waals surface area contributed by atoms with E-state index < -0.39 is 17.8 Å². The summed E-state index contributed by atoms with van der Waals surface area (Å²) in [5.74, 6) is -1.23. The van der Waals surface area contributed by atoms with E-state index in [9.17, 15) is 9.18 Å². The SMILES string of the molecule is CC(O)CNC(=S)NC(=O)c1ccccc1F. The number of thiocarbonyl (C=S) groups is 1. The second-order valence-electron chi connectivity index (χ2n) is 3.49. The molecule has 0 heterocycles. The third-order valence-electron chi connectivity index (χ3n) is 1.90. The molecular weight excluding hydrogens is 243 g/mol. The van der Waals surface area contributed by atoms with Crippen molar-refractivity contribution in [1.29, 1.82) is 0 Å². The number of carbonyl (C=O) groups is 1. The Hall–Kier alpha value is -1.53. The van der Waals surface area contributed by atoms with E-state index in [4.69, 9.17) is 17.3 Å². The molecule has 4 nitrogen and oxygen atoms in total. The van der Waals surface area contributed by atoms with Crippen LogP contribution in [0.25, 0.3) is 0 Å². The molecule has 1 aromatic rings. The molecule has 92 valence electrons. The van der Waals surface area contributed by atoms with Crippen LogP contribution < -0.4 is 10.6 Å². The van der Waals surface area contributed by atoms with Crippen LogP contribution in [0.15, 0.2) is 24.3 Å². The van der Waals surface area contributed by atoms with Crippen molar-refractivity contribution in [1.82, 2.24) is 10.6 Å². The number of nitrogens with one attached hydrogen (secondary N) is 2. The zero-order valence-corrected chi connectivity index (χ0v) is 10.1. The number of aliphatic hydroxyl groups excluding tert-OH is 1. The van der Waals surface area contributed by atoms with E-state index >= 15 is 0 Å². The van der Waals surface area contributed by atoms with Gasteiger partial charge in [0.1, 0.15) is 5.82 Å². The van der Waals surface area contributed by atoms with Crippen LogP contribution in [0.1, 0.15) is 17.3 Å². The topological polar surface area (TPSA) is 61.4 Å². The summed E-state index contributed by atoms with van der Waals surface area (Å²) in [6.07, 6.45) is -0.585. The number of hydrogen-bond donors (Lipinski definition) is 3. The summed E-state index contributed by atoms with van der Waals surface area (Å²) in [6.45, 7) is 1.80. The molecule has 0 radical (unpaired) electrons. The van der Waals surface area contributed by atoms with Crippen LogP contribution >= 0.6 is 12.2 Å². The van der Waals surface area contributed by atoms with Gasteiger partial charge in [-0.15, -0.1) is 0 Å². The molecule has 0 bridgehead atoms. The zero-order valence-electron chi connectivity index (χ0n) is 9.24. The normalized spacial score (nSPS) is 11.7. The molecule has 0 fully saturated rings. The highest BCUT2D eigenvalue weighted by Crippen LogP contribution is 2.05. The Kier molecular flexibility index (Phi) is 4.99. The number of halogens is 1. The molecule has 0 spiro atoms. The molecule has 0 aromatic heterocycles. The van der Waals surface area contributed by atoms with Crippen molar-refractivity contribution in [3.8, 4) is 0 Å². The van der Waals surface area contributed by atoms with Gasteiger partial charge in [0.15, 0.2) is 5.11 Å². The first-order valence-corrected chi connectivity index (χ1v) is 5.43. The predicted molar refractivity (Wildman–Crippen MR) is 66.1 cm³/mol. The summed E-state index contributed by atoms with van der Waals surface area (Å²) in [7, 11) is 0. The van der Waals surface area contributed by atoms with Gasteiger partial charge in [-0.2, -0.15) is 0 Å². The van der Waals surface area contributed by atoms with Crippen molar-refractivity contribution < 1.29 is 14.3 Å². The van der Waals surface area contributed by atoms with Crippen LogP contribution in [0.4, 0.5) is 4.39 Å². The standard InChI is InChI=1S/C11H13FN2O2S/c1-7(15)6-13-11(17)14-10(16)8-4-2-3-5-9(8)12/h2-5,7,15H,6H2,1H3,(H2,13,14,16,17). The summed E-state index contributed by atoms with van der Waals surface area (Å²) in [5.41, 5.74) is -0.0753. The highest BCUT2D eigenvalue weighted by atomic mass is 32.1. The predicted octanol–water partition coefficient (Wildman–Crippen LogP) is 0.811. The Morgan fingerprint density at radius 2 is 2.18 bits per heavy atom. The first-order chi connectivity index (χ1) is 8.00. The van der Waals surface area contributed by atoms with Crippen LogP contribution in [-0.4, -0.2) is 28.8 Å². The van der Waals surface area contributed by atoms with E-state index in [-0.39, 0.29) is 17.2 Å². The minimum absolute atomic E-state index is 0.0548. The van der Waals surface area contributed by atoms with Crippen LogP contribution in [0.5, 0.6) is 0 Å². The number of amides is 1. The van der Waals surface area contributed by atoms with E-state index in [0.29, 0.717) is 0 Å². The summed E-state index contributed by atoms with van der Waals surface area (Å²) >= 11 is 4.82. The molecule has 1 atom stereocenters. The smallest absolute Gasteiger partial charge is 0.260 e. The quantitative estimate of drug-likeness (QED) is 0.700. The van der Waals surface area contributed by atoms with Gasteiger partial charge in [-0.25, -0.2) is 4.39 Å². The van der Waals surface area contributed by atoms with Crippen LogP contribution in [-0.2, 0) is 0 Å². The molecule has 0 aliphatic rings. The Labute approximate surface area is 104 Å². The maximum Gasteiger partial charge on any atom is 0.260 e. The van der Waals surface area contributed by atoms with E-state index in [2.05, 4.69) is 10.6 Å². The van der Waals surface area contributed by atoms with Crippen molar-refractivity contribution in [2.75, 3.05) is 6.54 Å². The van der Waals surface area contributed by atoms with Crippen LogP contribution in [0, 0.1) is 5.82 Å². The van der Waals surface area contributed by atoms with Gasteiger partial charge in [-0.05, 0) is 31.3 Å². The molecule has 0 saturated heterocycles. The van der Waals surface area contributed by atoms with Crippen molar-refractivity contribution >= 4 is 23.2 Å². The fraction of sp³-hybridized carbons (Fsp3) is 0.273. The van der Waals surface area contributed by atoms with Crippen molar-refractivity contribution in [3.63, 3.8) is 0 Å². The number of benzene rings is 1. The second kappa shape index (κ2) is 6.27. The molecule has 0 saturated carbocycles. The summed E-state index contributed by atoms with van der Waals surface area (Å²) < 4.78 is 13.2. The first kappa shape index (κ1) is 13.5. The van der Waals surface area contributed by atoms with E-state index in [1.165, 1.54) is 18.2 Å². The van der Waals surface area contributed by atoms with Gasteiger partial charge < -0.3 is 10.4 Å². The second-order valence-corrected chi connectivity index (χ2v) is 3.90. The third kappa shape index (κ3) is 4.46. The van der Waals surface area contributed by atoms with E-state index in [1.807, 2.05) is 0 Å². The first-order valence-electron chi connectivity index (χ1n) is 5.02. The average Bonchev–Trinajstić information content (AvgIpc) is 2.26. The Morgan fingerprint density at radius 1 is 1.53 bits per heavy atom. The largest absolute Gasteiger partial charge is 0.392 e. The number of rotatable bonds is 3. The highest BCUT2D eigenvalue weighted by molar-refractivity contribution is 7.80. The number of hydrogen-bond acceptors (Lipinski definition) is 3. The maximum atomic E-state index is 13.2. The fourth-order valence-electron chi connectivity index (χ4n) is 1.10. The Morgan fingerprint density at radius 3 is 2.76 bits per heavy atom. The molecule has 3 N–H and O–H groups in total. The molecule has 17 heavy (non-hydrogen) atoms. The lowest BCUT2D eigenvalue weighted by Crippen LogP contribution is -2.42. The molecule has 1 aromatic carbocycles. The molecule has 1 rings (SSSR count). The molecule has 1 unspecified atom stereocenters. The van der Waals surface area contributed by atoms with Gasteiger partial charge in [-0.3, -0.25) is 10.1 Å². The molecule has 1 amide bonds. The molecule has 0 aliphatic heterocycles. The number of carbonyl (C=O) groups excluding carboxylic acids is 1. The van der Waals surface area contributed by atoms with Gasteiger partial charge in [0.05, 0.1) is 11.7 Å². The Balaban J connectivity index is 2.55. The van der Waals surface area contributed by atoms with Gasteiger partial charge >= 0.3 is 0 Å². The molecular formula is C11H13FN2O2S. The monoisotopic (exact) mass is 256 g/mol. The summed E-state index contributed by atoms with van der Waals surface area (Å²) in [6, 6.07) is 5.61. The van der Waals surface area contributed by atoms with Crippen LogP contribution in [0.2, 0.25) is 0 Å². The minimum atomic E-state index is -0.619. The summed E-state index contributed by atoms with van der Waals surface area (Å²) in [4.78, 5) is 11.6. The average molecular weight is 256 g/mol. The van der Waals surface area contributed by atoms with E-state index in [1.54, 1.807) is 13.0 Å². The van der Waals surface area contributed by atoms with Crippen molar-refractivity contribution in [2.45, 2.75) is 13.0 Å².